The van der Waals surface area contributed by atoms with Gasteiger partial charge in [-0.05, 0) is 55.2 Å². The minimum Gasteiger partial charge on any atom is -0.275 e. The molecule has 7 rings (SSSR count). The van der Waals surface area contributed by atoms with E-state index in [4.69, 9.17) is 20.4 Å². The minimum atomic E-state index is 0.522. The van der Waals surface area contributed by atoms with E-state index in [9.17, 15) is 0 Å². The van der Waals surface area contributed by atoms with Gasteiger partial charge in [0.15, 0.2) is 23.3 Å². The largest absolute Gasteiger partial charge is 0.275 e. The predicted octanol–water partition coefficient (Wildman–Crippen LogP) is 9.73. The summed E-state index contributed by atoms with van der Waals surface area (Å²) in [6.07, 6.45) is 2.34. The zero-order chi connectivity index (χ0) is 31.5. The number of para-hydroxylation sites is 2. The number of rotatable bonds is 9. The molecule has 6 heteroatoms. The molecule has 1 atom stereocenters. The summed E-state index contributed by atoms with van der Waals surface area (Å²) in [5, 5.41) is 18.9. The average molecular weight is 601 g/mol. The molecule has 0 unspecified atom stereocenters. The van der Waals surface area contributed by atoms with Crippen LogP contribution in [0, 0.1) is 6.92 Å². The maximum absolute atomic E-state index is 4.77. The monoisotopic (exact) mass is 600 g/mol. The quantitative estimate of drug-likeness (QED) is 0.165. The van der Waals surface area contributed by atoms with E-state index < -0.39 is 0 Å². The van der Waals surface area contributed by atoms with Gasteiger partial charge in [0.05, 0.1) is 0 Å². The van der Waals surface area contributed by atoms with Crippen LogP contribution in [-0.4, -0.2) is 29.5 Å². The molecular weight excluding hydrogens is 564 g/mol. The van der Waals surface area contributed by atoms with Crippen molar-refractivity contribution in [2.24, 2.45) is 0 Å². The fourth-order valence-corrected chi connectivity index (χ4v) is 6.02. The van der Waals surface area contributed by atoms with Crippen molar-refractivity contribution in [1.82, 2.24) is 29.5 Å². The van der Waals surface area contributed by atoms with Gasteiger partial charge < -0.3 is 0 Å². The molecular formula is C40H36N6. The van der Waals surface area contributed by atoms with Gasteiger partial charge in [0.2, 0.25) is 0 Å². The Labute approximate surface area is 270 Å². The van der Waals surface area contributed by atoms with Crippen LogP contribution >= 0.6 is 0 Å². The SMILES string of the molecule is CCC[C@@H](C)c1ccc(-c2nnc(-c3cccc(-c4nnc(-c5ccc(C)cc5)n4-c4ccccc4)c3)n2-c2ccccc2)cc1. The van der Waals surface area contributed by atoms with Gasteiger partial charge in [-0.3, -0.25) is 9.13 Å². The number of hydrogen-bond donors (Lipinski definition) is 0. The van der Waals surface area contributed by atoms with Gasteiger partial charge in [0.1, 0.15) is 0 Å². The zero-order valence-corrected chi connectivity index (χ0v) is 26.4. The van der Waals surface area contributed by atoms with Crippen molar-refractivity contribution < 1.29 is 0 Å². The van der Waals surface area contributed by atoms with Crippen LogP contribution in [-0.2, 0) is 0 Å². The molecule has 0 spiro atoms. The number of nitrogens with zero attached hydrogens (tertiary/aromatic N) is 6. The molecule has 0 aliphatic heterocycles. The summed E-state index contributed by atoms with van der Waals surface area (Å²) < 4.78 is 4.27. The molecule has 0 amide bonds. The van der Waals surface area contributed by atoms with Crippen molar-refractivity contribution in [3.8, 4) is 56.9 Å². The Balaban J connectivity index is 1.35. The summed E-state index contributed by atoms with van der Waals surface area (Å²) in [5.74, 6) is 3.63. The normalized spacial score (nSPS) is 11.9. The second-order valence-corrected chi connectivity index (χ2v) is 11.8. The zero-order valence-electron chi connectivity index (χ0n) is 26.4. The molecule has 7 aromatic rings. The first kappa shape index (κ1) is 29.1. The Morgan fingerprint density at radius 2 is 0.935 bits per heavy atom. The lowest BCUT2D eigenvalue weighted by atomic mass is 9.95. The first-order valence-corrected chi connectivity index (χ1v) is 15.9. The fraction of sp³-hybridized carbons (Fsp3) is 0.150. The van der Waals surface area contributed by atoms with Crippen LogP contribution < -0.4 is 0 Å². The lowest BCUT2D eigenvalue weighted by Gasteiger charge is -2.14. The summed E-state index contributed by atoms with van der Waals surface area (Å²) >= 11 is 0. The highest BCUT2D eigenvalue weighted by Gasteiger charge is 2.21. The van der Waals surface area contributed by atoms with Crippen LogP contribution in [0.15, 0.2) is 133 Å². The van der Waals surface area contributed by atoms with Crippen LogP contribution in [0.5, 0.6) is 0 Å². The summed E-state index contributed by atoms with van der Waals surface area (Å²) in [7, 11) is 0. The molecule has 5 aromatic carbocycles. The van der Waals surface area contributed by atoms with E-state index in [1.165, 1.54) is 24.0 Å². The Morgan fingerprint density at radius 3 is 1.39 bits per heavy atom. The summed E-state index contributed by atoms with van der Waals surface area (Å²) in [5.41, 5.74) is 8.45. The van der Waals surface area contributed by atoms with Gasteiger partial charge in [0.25, 0.3) is 0 Å². The highest BCUT2D eigenvalue weighted by atomic mass is 15.3. The fourth-order valence-electron chi connectivity index (χ4n) is 6.02. The Bertz CT molecular complexity index is 2060. The molecule has 0 N–H and O–H groups in total. The van der Waals surface area contributed by atoms with Crippen molar-refractivity contribution in [3.05, 3.63) is 145 Å². The molecule has 2 heterocycles. The van der Waals surface area contributed by atoms with Gasteiger partial charge in [-0.25, -0.2) is 0 Å². The Morgan fingerprint density at radius 1 is 0.500 bits per heavy atom. The molecule has 0 radical (unpaired) electrons. The molecule has 0 aliphatic carbocycles. The second-order valence-electron chi connectivity index (χ2n) is 11.8. The van der Waals surface area contributed by atoms with Crippen LogP contribution in [0.3, 0.4) is 0 Å². The van der Waals surface area contributed by atoms with E-state index >= 15 is 0 Å². The Hall–Kier alpha value is -5.62. The summed E-state index contributed by atoms with van der Waals surface area (Å²) in [6.45, 7) is 6.61. The second kappa shape index (κ2) is 12.8. The highest BCUT2D eigenvalue weighted by Crippen LogP contribution is 2.34. The maximum Gasteiger partial charge on any atom is 0.168 e. The average Bonchev–Trinajstić information content (AvgIpc) is 3.76. The summed E-state index contributed by atoms with van der Waals surface area (Å²) in [4.78, 5) is 0. The third-order valence-electron chi connectivity index (χ3n) is 8.50. The van der Waals surface area contributed by atoms with Gasteiger partial charge >= 0.3 is 0 Å². The third-order valence-corrected chi connectivity index (χ3v) is 8.50. The van der Waals surface area contributed by atoms with Gasteiger partial charge in [-0.1, -0.05) is 129 Å². The van der Waals surface area contributed by atoms with Crippen molar-refractivity contribution in [3.63, 3.8) is 0 Å². The number of aromatic nitrogens is 6. The molecule has 0 bridgehead atoms. The van der Waals surface area contributed by atoms with Crippen molar-refractivity contribution in [2.45, 2.75) is 39.5 Å². The van der Waals surface area contributed by atoms with Gasteiger partial charge in [0, 0.05) is 33.6 Å². The minimum absolute atomic E-state index is 0.522. The van der Waals surface area contributed by atoms with E-state index in [-0.39, 0.29) is 0 Å². The smallest absolute Gasteiger partial charge is 0.168 e. The molecule has 2 aromatic heterocycles. The molecule has 0 aliphatic rings. The molecule has 226 valence electrons. The Kier molecular flexibility index (Phi) is 8.09. The van der Waals surface area contributed by atoms with E-state index in [1.54, 1.807) is 0 Å². The first-order valence-electron chi connectivity index (χ1n) is 15.9. The van der Waals surface area contributed by atoms with Crippen LogP contribution in [0.2, 0.25) is 0 Å². The van der Waals surface area contributed by atoms with Crippen molar-refractivity contribution >= 4 is 0 Å². The van der Waals surface area contributed by atoms with Gasteiger partial charge in [-0.15, -0.1) is 20.4 Å². The lowest BCUT2D eigenvalue weighted by molar-refractivity contribution is 0.665. The van der Waals surface area contributed by atoms with Crippen molar-refractivity contribution in [2.75, 3.05) is 0 Å². The van der Waals surface area contributed by atoms with E-state index in [0.717, 1.165) is 56.9 Å². The van der Waals surface area contributed by atoms with Crippen LogP contribution in [0.4, 0.5) is 0 Å². The number of benzene rings is 5. The molecule has 0 saturated carbocycles. The highest BCUT2D eigenvalue weighted by molar-refractivity contribution is 5.73. The third kappa shape index (κ3) is 5.66. The van der Waals surface area contributed by atoms with Gasteiger partial charge in [-0.2, -0.15) is 0 Å². The standard InChI is InChI=1S/C40H36N6/c1-4-12-29(3)30-23-25-32(26-24-30)38-42-44-40(46(38)36-17-9-6-10-18-36)34-14-11-13-33(27-34)39-43-41-37(31-21-19-28(2)20-22-31)45(39)35-15-7-5-8-16-35/h5-11,13-27,29H,4,12H2,1-3H3/t29-/m1/s1. The van der Waals surface area contributed by atoms with E-state index in [1.807, 2.05) is 42.5 Å². The van der Waals surface area contributed by atoms with Crippen LogP contribution in [0.25, 0.3) is 56.9 Å². The molecule has 46 heavy (non-hydrogen) atoms. The maximum atomic E-state index is 4.77. The number of aryl methyl sites for hydroxylation is 1. The topological polar surface area (TPSA) is 61.4 Å². The van der Waals surface area contributed by atoms with E-state index in [2.05, 4.69) is 121 Å². The van der Waals surface area contributed by atoms with Crippen LogP contribution in [0.1, 0.15) is 43.7 Å². The van der Waals surface area contributed by atoms with Crippen molar-refractivity contribution in [1.29, 1.82) is 0 Å². The molecule has 0 saturated heterocycles. The molecule has 0 fully saturated rings. The molecule has 6 nitrogen and oxygen atoms in total. The predicted molar refractivity (Wildman–Crippen MR) is 186 cm³/mol. The first-order chi connectivity index (χ1) is 22.6. The summed E-state index contributed by atoms with van der Waals surface area (Å²) in [6, 6.07) is 46.1. The number of hydrogen-bond acceptors (Lipinski definition) is 4. The lowest BCUT2D eigenvalue weighted by Crippen LogP contribution is -2.02. The van der Waals surface area contributed by atoms with E-state index in [0.29, 0.717) is 5.92 Å².